The van der Waals surface area contributed by atoms with Gasteiger partial charge in [0.2, 0.25) is 11.8 Å². The number of carbonyl (C=O) groups is 2. The summed E-state index contributed by atoms with van der Waals surface area (Å²) in [7, 11) is 0. The van der Waals surface area contributed by atoms with Crippen molar-refractivity contribution in [3.05, 3.63) is 113 Å². The maximum Gasteiger partial charge on any atom is 0.238 e. The summed E-state index contributed by atoms with van der Waals surface area (Å²) in [6.07, 6.45) is 0.775. The second kappa shape index (κ2) is 6.41. The van der Waals surface area contributed by atoms with Crippen LogP contribution in [0.4, 0.5) is 5.69 Å². The molecule has 4 aliphatic rings. The maximum absolute atomic E-state index is 14.3. The lowest BCUT2D eigenvalue weighted by atomic mass is 9.46. The number of hydrogen-bond donors (Lipinski definition) is 0. The van der Waals surface area contributed by atoms with Gasteiger partial charge in [-0.1, -0.05) is 91.9 Å². The third kappa shape index (κ3) is 2.11. The molecule has 2 amide bonds. The quantitative estimate of drug-likeness (QED) is 0.378. The third-order valence-corrected chi connectivity index (χ3v) is 8.36. The highest BCUT2D eigenvalue weighted by Crippen LogP contribution is 2.65. The number of carbonyl (C=O) groups excluding carboxylic acids is 2. The molecule has 1 heterocycles. The van der Waals surface area contributed by atoms with Gasteiger partial charge in [-0.15, -0.1) is 0 Å². The predicted octanol–water partition coefficient (Wildman–Crippen LogP) is 5.80. The van der Waals surface area contributed by atoms with E-state index in [9.17, 15) is 9.59 Å². The monoisotopic (exact) mass is 429 g/mol. The SMILES string of the molecule is CCC12c3ccccc3C(c3ccccc31)[C@H]1C(=O)N(c3cccc4ccccc34)C(=O)[C@@H]12. The summed E-state index contributed by atoms with van der Waals surface area (Å²) in [6, 6.07) is 30.8. The van der Waals surface area contributed by atoms with Crippen LogP contribution in [-0.2, 0) is 15.0 Å². The van der Waals surface area contributed by atoms with E-state index < -0.39 is 5.41 Å². The molecule has 0 spiro atoms. The summed E-state index contributed by atoms with van der Waals surface area (Å²) in [4.78, 5) is 29.9. The largest absolute Gasteiger partial charge is 0.274 e. The van der Waals surface area contributed by atoms with Crippen molar-refractivity contribution in [3.63, 3.8) is 0 Å². The molecule has 0 saturated carbocycles. The van der Waals surface area contributed by atoms with Crippen molar-refractivity contribution in [2.24, 2.45) is 11.8 Å². The summed E-state index contributed by atoms with van der Waals surface area (Å²) in [5.74, 6) is -0.970. The van der Waals surface area contributed by atoms with Crippen LogP contribution in [-0.4, -0.2) is 11.8 Å². The number of rotatable bonds is 2. The highest BCUT2D eigenvalue weighted by Gasteiger charge is 2.67. The van der Waals surface area contributed by atoms with Gasteiger partial charge in [0, 0.05) is 16.7 Å². The van der Waals surface area contributed by atoms with Crippen LogP contribution in [0, 0.1) is 11.8 Å². The second-order valence-electron chi connectivity index (χ2n) is 9.49. The van der Waals surface area contributed by atoms with Gasteiger partial charge in [-0.25, -0.2) is 4.90 Å². The summed E-state index contributed by atoms with van der Waals surface area (Å²) in [5, 5.41) is 1.97. The van der Waals surface area contributed by atoms with E-state index in [1.54, 1.807) is 0 Å². The van der Waals surface area contributed by atoms with Gasteiger partial charge in [-0.05, 0) is 40.1 Å². The second-order valence-corrected chi connectivity index (χ2v) is 9.49. The van der Waals surface area contributed by atoms with Crippen molar-refractivity contribution < 1.29 is 9.59 Å². The molecule has 4 aromatic rings. The molecule has 33 heavy (non-hydrogen) atoms. The van der Waals surface area contributed by atoms with Crippen molar-refractivity contribution in [2.45, 2.75) is 24.7 Å². The molecule has 1 saturated heterocycles. The molecule has 1 fully saturated rings. The van der Waals surface area contributed by atoms with Crippen LogP contribution in [0.25, 0.3) is 10.8 Å². The van der Waals surface area contributed by atoms with Crippen molar-refractivity contribution in [1.82, 2.24) is 0 Å². The van der Waals surface area contributed by atoms with Gasteiger partial charge < -0.3 is 0 Å². The van der Waals surface area contributed by atoms with Gasteiger partial charge in [0.15, 0.2) is 0 Å². The summed E-state index contributed by atoms with van der Waals surface area (Å²) >= 11 is 0. The first-order chi connectivity index (χ1) is 16.2. The van der Waals surface area contributed by atoms with Crippen molar-refractivity contribution in [2.75, 3.05) is 4.90 Å². The molecule has 2 bridgehead atoms. The molecule has 0 aromatic heterocycles. The third-order valence-electron chi connectivity index (χ3n) is 8.36. The normalized spacial score (nSPS) is 26.9. The van der Waals surface area contributed by atoms with E-state index >= 15 is 0 Å². The number of benzene rings is 4. The van der Waals surface area contributed by atoms with Gasteiger partial charge >= 0.3 is 0 Å². The minimum absolute atomic E-state index is 0.0581. The molecule has 1 aliphatic heterocycles. The van der Waals surface area contributed by atoms with Crippen LogP contribution in [0.3, 0.4) is 0 Å². The van der Waals surface area contributed by atoms with E-state index in [0.717, 1.165) is 17.2 Å². The lowest BCUT2D eigenvalue weighted by molar-refractivity contribution is -0.123. The Balaban J connectivity index is 1.52. The fourth-order valence-electron chi connectivity index (χ4n) is 7.17. The Morgan fingerprint density at radius 3 is 2.03 bits per heavy atom. The molecule has 3 heteroatoms. The molecule has 4 aromatic carbocycles. The molecule has 0 N–H and O–H groups in total. The first kappa shape index (κ1) is 18.8. The molecule has 2 atom stereocenters. The van der Waals surface area contributed by atoms with Crippen molar-refractivity contribution >= 4 is 28.3 Å². The smallest absolute Gasteiger partial charge is 0.238 e. The average Bonchev–Trinajstić information content (AvgIpc) is 3.14. The highest BCUT2D eigenvalue weighted by atomic mass is 16.2. The van der Waals surface area contributed by atoms with E-state index in [2.05, 4.69) is 55.5 Å². The Morgan fingerprint density at radius 2 is 1.33 bits per heavy atom. The van der Waals surface area contributed by atoms with Crippen LogP contribution >= 0.6 is 0 Å². The molecular weight excluding hydrogens is 406 g/mol. The summed E-state index contributed by atoms with van der Waals surface area (Å²) in [5.41, 5.74) is 5.08. The highest BCUT2D eigenvalue weighted by molar-refractivity contribution is 6.26. The minimum atomic E-state index is -0.487. The molecule has 3 aliphatic carbocycles. The lowest BCUT2D eigenvalue weighted by Crippen LogP contribution is -2.53. The van der Waals surface area contributed by atoms with Crippen molar-refractivity contribution in [3.8, 4) is 0 Å². The van der Waals surface area contributed by atoms with E-state index in [-0.39, 0.29) is 29.6 Å². The van der Waals surface area contributed by atoms with Crippen LogP contribution in [0.5, 0.6) is 0 Å². The van der Waals surface area contributed by atoms with Crippen LogP contribution < -0.4 is 4.90 Å². The van der Waals surface area contributed by atoms with E-state index in [1.165, 1.54) is 27.2 Å². The fourth-order valence-corrected chi connectivity index (χ4v) is 7.17. The summed E-state index contributed by atoms with van der Waals surface area (Å²) < 4.78 is 0. The number of amides is 2. The zero-order valence-corrected chi connectivity index (χ0v) is 18.4. The first-order valence-electron chi connectivity index (χ1n) is 11.7. The standard InChI is InChI=1S/C30H23NO2/c1-2-30-22-15-7-5-13-20(22)25(21-14-6-8-16-23(21)30)26-27(30)29(33)31(28(26)32)24-17-9-11-18-10-3-4-12-19(18)24/h3-17,25-27H,2H2,1H3/t25?,26-,27-,30?/m1/s1. The van der Waals surface area contributed by atoms with E-state index in [1.807, 2.05) is 42.5 Å². The lowest BCUT2D eigenvalue weighted by Gasteiger charge is -2.54. The van der Waals surface area contributed by atoms with Gasteiger partial charge in [0.05, 0.1) is 17.5 Å². The van der Waals surface area contributed by atoms with E-state index in [4.69, 9.17) is 0 Å². The van der Waals surface area contributed by atoms with Crippen LogP contribution in [0.15, 0.2) is 91.0 Å². The summed E-state index contributed by atoms with van der Waals surface area (Å²) in [6.45, 7) is 2.16. The molecule has 3 nitrogen and oxygen atoms in total. The Morgan fingerprint density at radius 1 is 0.727 bits per heavy atom. The Kier molecular flexibility index (Phi) is 3.66. The van der Waals surface area contributed by atoms with Gasteiger partial charge in [-0.2, -0.15) is 0 Å². The fraction of sp³-hybridized carbons (Fsp3) is 0.200. The molecule has 0 unspecified atom stereocenters. The van der Waals surface area contributed by atoms with Crippen LogP contribution in [0.2, 0.25) is 0 Å². The van der Waals surface area contributed by atoms with Crippen LogP contribution in [0.1, 0.15) is 41.5 Å². The zero-order valence-electron chi connectivity index (χ0n) is 18.4. The van der Waals surface area contributed by atoms with Gasteiger partial charge in [0.25, 0.3) is 0 Å². The van der Waals surface area contributed by atoms with Gasteiger partial charge in [0.1, 0.15) is 0 Å². The molecule has 160 valence electrons. The minimum Gasteiger partial charge on any atom is -0.274 e. The van der Waals surface area contributed by atoms with E-state index in [0.29, 0.717) is 5.69 Å². The Hall–Kier alpha value is -3.72. The molecule has 0 radical (unpaired) electrons. The Labute approximate surface area is 192 Å². The molecule has 8 rings (SSSR count). The number of fused-ring (bicyclic) bond motifs is 1. The van der Waals surface area contributed by atoms with Crippen molar-refractivity contribution in [1.29, 1.82) is 0 Å². The number of anilines is 1. The maximum atomic E-state index is 14.3. The molecular formula is C30H23NO2. The number of imide groups is 1. The number of hydrogen-bond acceptors (Lipinski definition) is 2. The number of nitrogens with zero attached hydrogens (tertiary/aromatic N) is 1. The zero-order chi connectivity index (χ0) is 22.3. The van der Waals surface area contributed by atoms with Gasteiger partial charge in [-0.3, -0.25) is 9.59 Å². The Bertz CT molecular complexity index is 1430. The predicted molar refractivity (Wildman–Crippen MR) is 129 cm³/mol. The average molecular weight is 430 g/mol. The first-order valence-corrected chi connectivity index (χ1v) is 11.7. The topological polar surface area (TPSA) is 37.4 Å².